The van der Waals surface area contributed by atoms with Gasteiger partial charge in [-0.2, -0.15) is 5.26 Å². The van der Waals surface area contributed by atoms with Gasteiger partial charge in [0.25, 0.3) is 0 Å². The van der Waals surface area contributed by atoms with Gasteiger partial charge in [0.05, 0.1) is 25.6 Å². The first-order chi connectivity index (χ1) is 9.05. The molecule has 2 rings (SSSR count). The van der Waals surface area contributed by atoms with Crippen LogP contribution in [0.4, 0.5) is 5.69 Å². The second-order valence-corrected chi connectivity index (χ2v) is 5.61. The highest BCUT2D eigenvalue weighted by molar-refractivity contribution is 5.52. The summed E-state index contributed by atoms with van der Waals surface area (Å²) in [6, 6.07) is 10.5. The Morgan fingerprint density at radius 1 is 1.53 bits per heavy atom. The van der Waals surface area contributed by atoms with Crippen LogP contribution in [0, 0.1) is 11.3 Å². The number of anilines is 1. The monoisotopic (exact) mass is 259 g/mol. The second kappa shape index (κ2) is 5.50. The van der Waals surface area contributed by atoms with Crippen LogP contribution in [0.1, 0.15) is 20.3 Å². The summed E-state index contributed by atoms with van der Waals surface area (Å²) < 4.78 is 5.29. The molecule has 4 heteroatoms. The maximum absolute atomic E-state index is 8.98. The first kappa shape index (κ1) is 13.7. The van der Waals surface area contributed by atoms with Crippen LogP contribution in [-0.4, -0.2) is 31.8 Å². The molecule has 1 aliphatic heterocycles. The number of hydrogen-bond donors (Lipinski definition) is 1. The average molecular weight is 259 g/mol. The van der Waals surface area contributed by atoms with Crippen LogP contribution in [0.2, 0.25) is 0 Å². The van der Waals surface area contributed by atoms with Crippen molar-refractivity contribution in [3.63, 3.8) is 0 Å². The predicted molar refractivity (Wildman–Crippen MR) is 76.4 cm³/mol. The Kier molecular flexibility index (Phi) is 3.96. The molecule has 0 bridgehead atoms. The molecule has 1 heterocycles. The molecular weight excluding hydrogens is 238 g/mol. The Morgan fingerprint density at radius 2 is 2.32 bits per heavy atom. The Bertz CT molecular complexity index is 479. The molecule has 1 aromatic rings. The van der Waals surface area contributed by atoms with Crippen LogP contribution in [0.15, 0.2) is 24.3 Å². The van der Waals surface area contributed by atoms with E-state index in [-0.39, 0.29) is 11.6 Å². The number of ether oxygens (including phenoxy) is 1. The van der Waals surface area contributed by atoms with Crippen LogP contribution in [0.25, 0.3) is 0 Å². The zero-order chi connectivity index (χ0) is 13.9. The van der Waals surface area contributed by atoms with Crippen molar-refractivity contribution in [1.29, 1.82) is 5.26 Å². The molecule has 0 aromatic heterocycles. The fraction of sp³-hybridized carbons (Fsp3) is 0.533. The zero-order valence-electron chi connectivity index (χ0n) is 11.8. The quantitative estimate of drug-likeness (QED) is 0.903. The maximum Gasteiger partial charge on any atom is 0.120 e. The Morgan fingerprint density at radius 3 is 3.00 bits per heavy atom. The van der Waals surface area contributed by atoms with Gasteiger partial charge in [0.15, 0.2) is 0 Å². The fourth-order valence-corrected chi connectivity index (χ4v) is 2.49. The molecule has 1 fully saturated rings. The van der Waals surface area contributed by atoms with Gasteiger partial charge in [-0.25, -0.2) is 0 Å². The van der Waals surface area contributed by atoms with Gasteiger partial charge in [-0.3, -0.25) is 0 Å². The van der Waals surface area contributed by atoms with E-state index in [9.17, 15) is 0 Å². The van der Waals surface area contributed by atoms with Gasteiger partial charge in [0.2, 0.25) is 0 Å². The van der Waals surface area contributed by atoms with Crippen molar-refractivity contribution in [3.8, 4) is 11.8 Å². The van der Waals surface area contributed by atoms with Gasteiger partial charge < -0.3 is 15.0 Å². The van der Waals surface area contributed by atoms with Gasteiger partial charge in [-0.15, -0.1) is 0 Å². The molecule has 102 valence electrons. The number of rotatable bonds is 3. The molecule has 0 aliphatic carbocycles. The number of hydrogen-bond acceptors (Lipinski definition) is 4. The van der Waals surface area contributed by atoms with Crippen LogP contribution < -0.4 is 15.0 Å². The van der Waals surface area contributed by atoms with E-state index in [0.717, 1.165) is 24.5 Å². The van der Waals surface area contributed by atoms with Crippen LogP contribution in [0.5, 0.6) is 5.75 Å². The number of nitrogens with one attached hydrogen (secondary N) is 1. The van der Waals surface area contributed by atoms with Gasteiger partial charge in [0, 0.05) is 30.4 Å². The first-order valence-corrected chi connectivity index (χ1v) is 6.58. The molecule has 19 heavy (non-hydrogen) atoms. The third kappa shape index (κ3) is 3.18. The second-order valence-electron chi connectivity index (χ2n) is 5.61. The van der Waals surface area contributed by atoms with Gasteiger partial charge in [-0.05, 0) is 26.0 Å². The molecule has 1 N–H and O–H groups in total. The van der Waals surface area contributed by atoms with E-state index < -0.39 is 0 Å². The van der Waals surface area contributed by atoms with E-state index in [4.69, 9.17) is 10.00 Å². The molecule has 1 aromatic carbocycles. The van der Waals surface area contributed by atoms with Crippen molar-refractivity contribution in [2.24, 2.45) is 0 Å². The van der Waals surface area contributed by atoms with Crippen LogP contribution >= 0.6 is 0 Å². The smallest absolute Gasteiger partial charge is 0.120 e. The molecule has 4 nitrogen and oxygen atoms in total. The maximum atomic E-state index is 8.98. The third-order valence-corrected chi connectivity index (χ3v) is 3.53. The van der Waals surface area contributed by atoms with Crippen molar-refractivity contribution < 1.29 is 4.74 Å². The predicted octanol–water partition coefficient (Wildman–Crippen LogP) is 2.17. The zero-order valence-corrected chi connectivity index (χ0v) is 11.8. The summed E-state index contributed by atoms with van der Waals surface area (Å²) in [7, 11) is 1.67. The van der Waals surface area contributed by atoms with E-state index in [1.807, 2.05) is 18.2 Å². The van der Waals surface area contributed by atoms with E-state index in [1.54, 1.807) is 7.11 Å². The summed E-state index contributed by atoms with van der Waals surface area (Å²) in [6.07, 6.45) is 0.528. The van der Waals surface area contributed by atoms with Crippen LogP contribution in [0.3, 0.4) is 0 Å². The van der Waals surface area contributed by atoms with Crippen molar-refractivity contribution in [2.75, 3.05) is 25.1 Å². The summed E-state index contributed by atoms with van der Waals surface area (Å²) in [4.78, 5) is 2.31. The Labute approximate surface area is 115 Å². The summed E-state index contributed by atoms with van der Waals surface area (Å²) in [5.41, 5.74) is 1.17. The Hall–Kier alpha value is -1.73. The van der Waals surface area contributed by atoms with Crippen molar-refractivity contribution >= 4 is 5.69 Å². The van der Waals surface area contributed by atoms with E-state index in [1.165, 1.54) is 0 Å². The van der Waals surface area contributed by atoms with Crippen molar-refractivity contribution in [3.05, 3.63) is 24.3 Å². The minimum atomic E-state index is 0.0506. The number of methoxy groups -OCH3 is 1. The minimum Gasteiger partial charge on any atom is -0.497 e. The topological polar surface area (TPSA) is 48.3 Å². The molecule has 1 saturated heterocycles. The lowest BCUT2D eigenvalue weighted by Gasteiger charge is -2.45. The highest BCUT2D eigenvalue weighted by atomic mass is 16.5. The SMILES string of the molecule is COc1cccc(N2CC(C)(C)NCC2CC#N)c1. The summed E-state index contributed by atoms with van der Waals surface area (Å²) >= 11 is 0. The minimum absolute atomic E-state index is 0.0506. The fourth-order valence-electron chi connectivity index (χ4n) is 2.49. The van der Waals surface area contributed by atoms with E-state index >= 15 is 0 Å². The molecule has 0 saturated carbocycles. The normalized spacial score (nSPS) is 21.8. The third-order valence-electron chi connectivity index (χ3n) is 3.53. The number of piperazine rings is 1. The molecule has 0 amide bonds. The lowest BCUT2D eigenvalue weighted by molar-refractivity contribution is 0.311. The number of nitriles is 1. The molecule has 0 spiro atoms. The summed E-state index contributed by atoms with van der Waals surface area (Å²) in [6.45, 7) is 6.08. The summed E-state index contributed by atoms with van der Waals surface area (Å²) in [5.74, 6) is 0.851. The van der Waals surface area contributed by atoms with Gasteiger partial charge >= 0.3 is 0 Å². The van der Waals surface area contributed by atoms with Crippen molar-refractivity contribution in [2.45, 2.75) is 31.8 Å². The van der Waals surface area contributed by atoms with Gasteiger partial charge in [0.1, 0.15) is 5.75 Å². The molecule has 1 unspecified atom stereocenters. The highest BCUT2D eigenvalue weighted by Crippen LogP contribution is 2.27. The summed E-state index contributed by atoms with van der Waals surface area (Å²) in [5, 5.41) is 12.5. The standard InChI is InChI=1S/C15H21N3O/c1-15(2)11-18(13(7-8-16)10-17-15)12-5-4-6-14(9-12)19-3/h4-6,9,13,17H,7,10-11H2,1-3H3. The number of benzene rings is 1. The highest BCUT2D eigenvalue weighted by Gasteiger charge is 2.32. The van der Waals surface area contributed by atoms with Gasteiger partial charge in [-0.1, -0.05) is 6.07 Å². The Balaban J connectivity index is 2.28. The molecular formula is C15H21N3O. The lowest BCUT2D eigenvalue weighted by atomic mass is 9.96. The lowest BCUT2D eigenvalue weighted by Crippen LogP contribution is -2.61. The first-order valence-electron chi connectivity index (χ1n) is 6.58. The van der Waals surface area contributed by atoms with E-state index in [0.29, 0.717) is 6.42 Å². The van der Waals surface area contributed by atoms with Crippen LogP contribution in [-0.2, 0) is 0 Å². The van der Waals surface area contributed by atoms with Crippen molar-refractivity contribution in [1.82, 2.24) is 5.32 Å². The molecule has 1 atom stereocenters. The average Bonchev–Trinajstić information content (AvgIpc) is 2.41. The molecule has 0 radical (unpaired) electrons. The molecule has 1 aliphatic rings. The largest absolute Gasteiger partial charge is 0.497 e. The van der Waals surface area contributed by atoms with E-state index in [2.05, 4.69) is 36.2 Å². The number of nitrogens with zero attached hydrogens (tertiary/aromatic N) is 2.